The van der Waals surface area contributed by atoms with Gasteiger partial charge in [-0.3, -0.25) is 19.4 Å². The van der Waals surface area contributed by atoms with Crippen molar-refractivity contribution in [2.24, 2.45) is 5.92 Å². The minimum Gasteiger partial charge on any atom is -2.00 e. The summed E-state index contributed by atoms with van der Waals surface area (Å²) in [5.74, 6) is 1.52. The molecule has 4 rings (SSSR count). The topological polar surface area (TPSA) is 102 Å². The molecule has 218 valence electrons. The predicted octanol–water partition coefficient (Wildman–Crippen LogP) is 3.04. The Bertz CT molecular complexity index is 1080. The number of hydrogen-bond donors (Lipinski definition) is 4. The average molecular weight is 673 g/mol. The zero-order valence-corrected chi connectivity index (χ0v) is 26.8. The minimum atomic E-state index is -0.120. The summed E-state index contributed by atoms with van der Waals surface area (Å²) in [5, 5.41) is 8.37. The number of rotatable bonds is 14. The number of amides is 2. The van der Waals surface area contributed by atoms with E-state index in [9.17, 15) is 9.59 Å². The number of benzene rings is 2. The van der Waals surface area contributed by atoms with E-state index in [2.05, 4.69) is 88.2 Å². The molecule has 2 saturated heterocycles. The van der Waals surface area contributed by atoms with Gasteiger partial charge in [-0.2, -0.15) is 25.3 Å². The maximum Gasteiger partial charge on any atom is 5.00 e. The third kappa shape index (κ3) is 8.91. The number of nitrogens with zero attached hydrogens (tertiary/aromatic N) is 2. The normalized spacial score (nSPS) is 22.0. The number of hydrogen-bond acceptors (Lipinski definition) is 7. The van der Waals surface area contributed by atoms with Gasteiger partial charge in [-0.25, -0.2) is 0 Å². The van der Waals surface area contributed by atoms with Crippen LogP contribution in [0.4, 0.5) is 0 Å². The van der Waals surface area contributed by atoms with E-state index < -0.39 is 0 Å². The van der Waals surface area contributed by atoms with Crippen LogP contribution in [-0.4, -0.2) is 91.8 Å². The first-order chi connectivity index (χ1) is 18.5. The first kappa shape index (κ1) is 35.0. The molecule has 0 spiro atoms. The van der Waals surface area contributed by atoms with Gasteiger partial charge >= 0.3 is 20.1 Å². The molecule has 2 aromatic carbocycles. The van der Waals surface area contributed by atoms with Crippen molar-refractivity contribution in [3.05, 3.63) is 48.0 Å². The quantitative estimate of drug-likeness (QED) is 0.183. The van der Waals surface area contributed by atoms with Gasteiger partial charge in [-0.05, 0) is 61.0 Å². The van der Waals surface area contributed by atoms with Crippen LogP contribution in [0.1, 0.15) is 37.2 Å². The molecule has 8 nitrogen and oxygen atoms in total. The Morgan fingerprint density at radius 1 is 1.05 bits per heavy atom. The van der Waals surface area contributed by atoms with Gasteiger partial charge in [-0.1, -0.05) is 42.5 Å². The summed E-state index contributed by atoms with van der Waals surface area (Å²) >= 11 is 8.56. The molecule has 2 heterocycles. The fourth-order valence-corrected chi connectivity index (χ4v) is 6.80. The third-order valence-electron chi connectivity index (χ3n) is 8.07. The maximum atomic E-state index is 13.5. The molecule has 0 aliphatic carbocycles. The number of nitrogens with one attached hydrogen (secondary N) is 2. The predicted molar refractivity (Wildman–Crippen MR) is 161 cm³/mol. The summed E-state index contributed by atoms with van der Waals surface area (Å²) in [4.78, 5) is 30.5. The molecule has 11 heteroatoms. The summed E-state index contributed by atoms with van der Waals surface area (Å²) in [7, 11) is 1.61. The average Bonchev–Trinajstić information content (AvgIpc) is 3.20. The number of ether oxygens (including phenoxy) is 1. The van der Waals surface area contributed by atoms with Gasteiger partial charge in [0.25, 0.3) is 0 Å². The zero-order valence-electron chi connectivity index (χ0n) is 23.1. The minimum absolute atomic E-state index is 0. The zero-order chi connectivity index (χ0) is 26.9. The SMILES string of the molecule is COCNC(=O)[C@H]1[C@@H](c2ccc3ccccc3c2)CC2CC[C@H]1N2CCCN(CCS)CC(=O)NCCS.[O-2].[Tc+5]. The monoisotopic (exact) mass is 671 g/mol. The Kier molecular flexibility index (Phi) is 15.5. The smallest absolute Gasteiger partial charge is 2.00 e. The van der Waals surface area contributed by atoms with Crippen molar-refractivity contribution < 1.29 is 39.9 Å². The number of methoxy groups -OCH3 is 1. The first-order valence-electron chi connectivity index (χ1n) is 13.8. The van der Waals surface area contributed by atoms with Crippen LogP contribution >= 0.6 is 25.3 Å². The van der Waals surface area contributed by atoms with Gasteiger partial charge in [0, 0.05) is 43.8 Å². The Morgan fingerprint density at radius 2 is 1.82 bits per heavy atom. The largest absolute Gasteiger partial charge is 5.00 e. The molecule has 2 aliphatic heterocycles. The van der Waals surface area contributed by atoms with Crippen LogP contribution in [0.3, 0.4) is 0 Å². The van der Waals surface area contributed by atoms with Crippen molar-refractivity contribution in [2.45, 2.75) is 43.7 Å². The summed E-state index contributed by atoms with van der Waals surface area (Å²) in [5.41, 5.74) is 1.25. The molecule has 2 fully saturated rings. The van der Waals surface area contributed by atoms with Gasteiger partial charge in [0.2, 0.25) is 11.8 Å². The van der Waals surface area contributed by atoms with Crippen LogP contribution in [0.15, 0.2) is 42.5 Å². The molecule has 2 bridgehead atoms. The van der Waals surface area contributed by atoms with E-state index in [1.165, 1.54) is 16.3 Å². The Morgan fingerprint density at radius 3 is 2.55 bits per heavy atom. The van der Waals surface area contributed by atoms with Gasteiger partial charge in [0.15, 0.2) is 0 Å². The second kappa shape index (κ2) is 17.7. The molecule has 2 N–H and O–H groups in total. The molecule has 4 atom stereocenters. The van der Waals surface area contributed by atoms with Crippen molar-refractivity contribution >= 4 is 47.8 Å². The van der Waals surface area contributed by atoms with Gasteiger partial charge in [-0.15, -0.1) is 0 Å². The Hall–Kier alpha value is -1.17. The number of piperidine rings is 1. The van der Waals surface area contributed by atoms with Crippen LogP contribution in [0.5, 0.6) is 0 Å². The molecule has 2 amide bonds. The fraction of sp³-hybridized carbons (Fsp3) is 0.586. The molecule has 1 unspecified atom stereocenters. The molecule has 0 radical (unpaired) electrons. The molecule has 2 aliphatic rings. The van der Waals surface area contributed by atoms with Crippen LogP contribution in [0.2, 0.25) is 0 Å². The van der Waals surface area contributed by atoms with E-state index in [1.54, 1.807) is 7.11 Å². The number of thiol groups is 2. The van der Waals surface area contributed by atoms with E-state index in [4.69, 9.17) is 4.74 Å². The Balaban J connectivity index is 0.00000280. The standard InChI is InChI=1S/C29H42N4O3S2.O.Tc/c1-36-20-31-29(35)28-25(23-8-7-21-5-2-3-6-22(21)17-23)18-24-9-10-26(28)33(24)13-4-12-32(14-16-38)19-27(34)30-11-15-37;;/h2-3,5-8,17,24-26,28,37-38H,4,9-16,18-20H2,1H3,(H,30,34)(H,31,35);;/q;-2;+5/t24?,25-,26-,28+;;/m1../s1. The molecule has 2 aromatic rings. The second-order valence-corrected chi connectivity index (χ2v) is 11.3. The summed E-state index contributed by atoms with van der Waals surface area (Å²) in [6.07, 6.45) is 4.08. The summed E-state index contributed by atoms with van der Waals surface area (Å²) in [6, 6.07) is 15.8. The Labute approximate surface area is 262 Å². The van der Waals surface area contributed by atoms with E-state index in [0.717, 1.165) is 45.3 Å². The van der Waals surface area contributed by atoms with Crippen molar-refractivity contribution in [1.82, 2.24) is 20.4 Å². The third-order valence-corrected chi connectivity index (χ3v) is 8.49. The van der Waals surface area contributed by atoms with E-state index in [0.29, 0.717) is 30.6 Å². The molecule has 0 aromatic heterocycles. The molecule has 0 saturated carbocycles. The van der Waals surface area contributed by atoms with Crippen LogP contribution < -0.4 is 10.6 Å². The fourth-order valence-electron chi connectivity index (χ4n) is 6.40. The van der Waals surface area contributed by atoms with Crippen molar-refractivity contribution in [2.75, 3.05) is 58.1 Å². The summed E-state index contributed by atoms with van der Waals surface area (Å²) in [6.45, 7) is 3.72. The molecular formula is C29H42N4O4S2Tc+3. The van der Waals surface area contributed by atoms with E-state index >= 15 is 0 Å². The number of fused-ring (bicyclic) bond motifs is 3. The number of carbonyl (C=O) groups is 2. The molecule has 40 heavy (non-hydrogen) atoms. The van der Waals surface area contributed by atoms with Gasteiger partial charge < -0.3 is 20.8 Å². The van der Waals surface area contributed by atoms with Gasteiger partial charge in [0.05, 0.1) is 12.5 Å². The van der Waals surface area contributed by atoms with Gasteiger partial charge in [0.1, 0.15) is 6.73 Å². The van der Waals surface area contributed by atoms with Crippen LogP contribution in [-0.2, 0) is 39.9 Å². The summed E-state index contributed by atoms with van der Waals surface area (Å²) < 4.78 is 5.18. The van der Waals surface area contributed by atoms with Crippen molar-refractivity contribution in [3.63, 3.8) is 0 Å². The first-order valence-corrected chi connectivity index (χ1v) is 15.0. The van der Waals surface area contributed by atoms with Crippen molar-refractivity contribution in [1.29, 1.82) is 0 Å². The second-order valence-electron chi connectivity index (χ2n) is 10.4. The molecular weight excluding hydrogens is 630 g/mol. The maximum absolute atomic E-state index is 13.5. The van der Waals surface area contributed by atoms with Crippen LogP contribution in [0, 0.1) is 5.92 Å². The van der Waals surface area contributed by atoms with E-state index in [-0.39, 0.29) is 62.0 Å². The van der Waals surface area contributed by atoms with Crippen molar-refractivity contribution in [3.8, 4) is 0 Å². The number of carbonyl (C=O) groups excluding carboxylic acids is 2. The van der Waals surface area contributed by atoms with Crippen LogP contribution in [0.25, 0.3) is 10.8 Å². The van der Waals surface area contributed by atoms with E-state index in [1.807, 2.05) is 0 Å².